The number of allylic oxidation sites excluding steroid dienone is 1. The first-order valence-electron chi connectivity index (χ1n) is 6.18. The summed E-state index contributed by atoms with van der Waals surface area (Å²) in [6.45, 7) is 3.81. The molecule has 0 aromatic heterocycles. The highest BCUT2D eigenvalue weighted by Gasteiger charge is 2.21. The molecule has 0 amide bonds. The zero-order valence-electron chi connectivity index (χ0n) is 9.73. The first-order chi connectivity index (χ1) is 7.81. The summed E-state index contributed by atoms with van der Waals surface area (Å²) in [6, 6.07) is 8.65. The van der Waals surface area contributed by atoms with E-state index in [1.165, 1.54) is 11.1 Å². The Morgan fingerprint density at radius 3 is 2.56 bits per heavy atom. The van der Waals surface area contributed by atoms with Gasteiger partial charge in [0, 0.05) is 0 Å². The van der Waals surface area contributed by atoms with Crippen LogP contribution >= 0.6 is 0 Å². The van der Waals surface area contributed by atoms with Crippen molar-refractivity contribution in [3.8, 4) is 0 Å². The molecule has 86 valence electrons. The molecule has 0 atom stereocenters. The van der Waals surface area contributed by atoms with E-state index in [1.807, 2.05) is 6.08 Å². The summed E-state index contributed by atoms with van der Waals surface area (Å²) in [5, 5.41) is 9.53. The van der Waals surface area contributed by atoms with Crippen LogP contribution in [0.15, 0.2) is 36.9 Å². The van der Waals surface area contributed by atoms with E-state index in [2.05, 4.69) is 30.8 Å². The van der Waals surface area contributed by atoms with Gasteiger partial charge >= 0.3 is 0 Å². The average molecular weight is 216 g/mol. The zero-order chi connectivity index (χ0) is 11.4. The lowest BCUT2D eigenvalue weighted by Gasteiger charge is -2.27. The van der Waals surface area contributed by atoms with Gasteiger partial charge < -0.3 is 5.11 Å². The summed E-state index contributed by atoms with van der Waals surface area (Å²) in [5.41, 5.74) is 2.87. The third-order valence-electron chi connectivity index (χ3n) is 3.56. The van der Waals surface area contributed by atoms with Gasteiger partial charge in [-0.2, -0.15) is 0 Å². The summed E-state index contributed by atoms with van der Waals surface area (Å²) in [6.07, 6.45) is 7.00. The Morgan fingerprint density at radius 2 is 1.88 bits per heavy atom. The highest BCUT2D eigenvalue weighted by Crippen LogP contribution is 2.34. The van der Waals surface area contributed by atoms with Crippen molar-refractivity contribution in [2.45, 2.75) is 44.1 Å². The molecule has 0 radical (unpaired) electrons. The summed E-state index contributed by atoms with van der Waals surface area (Å²) in [5.74, 6) is 0.638. The van der Waals surface area contributed by atoms with E-state index in [9.17, 15) is 5.11 Å². The van der Waals surface area contributed by atoms with Crippen LogP contribution in [-0.2, 0) is 6.42 Å². The monoisotopic (exact) mass is 216 g/mol. The van der Waals surface area contributed by atoms with Gasteiger partial charge in [-0.05, 0) is 49.1 Å². The van der Waals surface area contributed by atoms with Crippen molar-refractivity contribution < 1.29 is 5.11 Å². The smallest absolute Gasteiger partial charge is 0.0540 e. The molecule has 1 N–H and O–H groups in total. The molecule has 1 aromatic rings. The molecule has 1 fully saturated rings. The number of hydrogen-bond donors (Lipinski definition) is 1. The Kier molecular flexibility index (Phi) is 3.79. The molecule has 1 nitrogen and oxygen atoms in total. The van der Waals surface area contributed by atoms with Crippen molar-refractivity contribution in [1.29, 1.82) is 0 Å². The lowest BCUT2D eigenvalue weighted by Crippen LogP contribution is -2.17. The lowest BCUT2D eigenvalue weighted by atomic mass is 9.80. The normalized spacial score (nSPS) is 25.3. The number of aliphatic hydroxyl groups excluding tert-OH is 1. The van der Waals surface area contributed by atoms with Gasteiger partial charge in [-0.1, -0.05) is 30.3 Å². The quantitative estimate of drug-likeness (QED) is 0.767. The Balaban J connectivity index is 2.16. The molecule has 1 heteroatoms. The summed E-state index contributed by atoms with van der Waals surface area (Å²) in [4.78, 5) is 0. The van der Waals surface area contributed by atoms with Crippen LogP contribution in [0, 0.1) is 0 Å². The maximum absolute atomic E-state index is 9.53. The number of hydrogen-bond acceptors (Lipinski definition) is 1. The minimum absolute atomic E-state index is 0.0668. The van der Waals surface area contributed by atoms with E-state index in [0.717, 1.165) is 32.1 Å². The van der Waals surface area contributed by atoms with Crippen molar-refractivity contribution in [3.63, 3.8) is 0 Å². The Bertz CT molecular complexity index is 348. The van der Waals surface area contributed by atoms with E-state index in [-0.39, 0.29) is 6.10 Å². The third-order valence-corrected chi connectivity index (χ3v) is 3.56. The molecule has 1 aromatic carbocycles. The zero-order valence-corrected chi connectivity index (χ0v) is 9.73. The van der Waals surface area contributed by atoms with Crippen LogP contribution in [0.4, 0.5) is 0 Å². The topological polar surface area (TPSA) is 20.2 Å². The van der Waals surface area contributed by atoms with Crippen molar-refractivity contribution in [1.82, 2.24) is 0 Å². The molecule has 0 unspecified atom stereocenters. The fraction of sp³-hybridized carbons (Fsp3) is 0.467. The molecule has 16 heavy (non-hydrogen) atoms. The highest BCUT2D eigenvalue weighted by atomic mass is 16.3. The van der Waals surface area contributed by atoms with Crippen LogP contribution in [0.1, 0.15) is 42.7 Å². The molecular weight excluding hydrogens is 196 g/mol. The second kappa shape index (κ2) is 5.31. The molecule has 0 saturated heterocycles. The van der Waals surface area contributed by atoms with Gasteiger partial charge in [-0.3, -0.25) is 0 Å². The number of benzene rings is 1. The van der Waals surface area contributed by atoms with Crippen LogP contribution in [0.2, 0.25) is 0 Å². The maximum Gasteiger partial charge on any atom is 0.0540 e. The second-order valence-electron chi connectivity index (χ2n) is 4.70. The fourth-order valence-corrected chi connectivity index (χ4v) is 2.66. The summed E-state index contributed by atoms with van der Waals surface area (Å²) < 4.78 is 0. The van der Waals surface area contributed by atoms with Crippen molar-refractivity contribution >= 4 is 0 Å². The molecule has 1 aliphatic carbocycles. The molecule has 1 aliphatic rings. The standard InChI is InChI=1S/C15H20O/c1-2-5-12-6-3-4-7-15(12)13-8-10-14(16)11-9-13/h2-4,6-7,13-14,16H,1,5,8-11H2. The second-order valence-corrected chi connectivity index (χ2v) is 4.70. The van der Waals surface area contributed by atoms with E-state index in [4.69, 9.17) is 0 Å². The maximum atomic E-state index is 9.53. The van der Waals surface area contributed by atoms with Crippen LogP contribution in [-0.4, -0.2) is 11.2 Å². The fourth-order valence-electron chi connectivity index (χ4n) is 2.66. The Labute approximate surface area is 97.8 Å². The van der Waals surface area contributed by atoms with Crippen molar-refractivity contribution in [2.24, 2.45) is 0 Å². The third kappa shape index (κ3) is 2.53. The van der Waals surface area contributed by atoms with E-state index >= 15 is 0 Å². The highest BCUT2D eigenvalue weighted by molar-refractivity contribution is 5.32. The molecule has 1 saturated carbocycles. The molecule has 0 aliphatic heterocycles. The SMILES string of the molecule is C=CCc1ccccc1C1CCC(O)CC1. The van der Waals surface area contributed by atoms with Crippen molar-refractivity contribution in [2.75, 3.05) is 0 Å². The molecular formula is C15H20O. The summed E-state index contributed by atoms with van der Waals surface area (Å²) >= 11 is 0. The minimum Gasteiger partial charge on any atom is -0.393 e. The van der Waals surface area contributed by atoms with Gasteiger partial charge in [0.15, 0.2) is 0 Å². The predicted octanol–water partition coefficient (Wildman–Crippen LogP) is 3.43. The Hall–Kier alpha value is -1.08. The minimum atomic E-state index is -0.0668. The average Bonchev–Trinajstić information content (AvgIpc) is 2.32. The first-order valence-corrected chi connectivity index (χ1v) is 6.18. The predicted molar refractivity (Wildman–Crippen MR) is 67.6 cm³/mol. The van der Waals surface area contributed by atoms with E-state index in [0.29, 0.717) is 5.92 Å². The van der Waals surface area contributed by atoms with Gasteiger partial charge in [-0.25, -0.2) is 0 Å². The Morgan fingerprint density at radius 1 is 1.19 bits per heavy atom. The van der Waals surface area contributed by atoms with Crippen LogP contribution in [0.3, 0.4) is 0 Å². The van der Waals surface area contributed by atoms with Gasteiger partial charge in [0.25, 0.3) is 0 Å². The molecule has 0 bridgehead atoms. The molecule has 0 spiro atoms. The van der Waals surface area contributed by atoms with Gasteiger partial charge in [0.05, 0.1) is 6.10 Å². The molecule has 2 rings (SSSR count). The van der Waals surface area contributed by atoms with E-state index < -0.39 is 0 Å². The lowest BCUT2D eigenvalue weighted by molar-refractivity contribution is 0.122. The summed E-state index contributed by atoms with van der Waals surface area (Å²) in [7, 11) is 0. The molecule has 0 heterocycles. The first kappa shape index (κ1) is 11.4. The largest absolute Gasteiger partial charge is 0.393 e. The number of rotatable bonds is 3. The van der Waals surface area contributed by atoms with Crippen LogP contribution in [0.25, 0.3) is 0 Å². The van der Waals surface area contributed by atoms with Gasteiger partial charge in [0.1, 0.15) is 0 Å². The van der Waals surface area contributed by atoms with Crippen LogP contribution in [0.5, 0.6) is 0 Å². The number of aliphatic hydroxyl groups is 1. The van der Waals surface area contributed by atoms with Gasteiger partial charge in [0.2, 0.25) is 0 Å². The van der Waals surface area contributed by atoms with Gasteiger partial charge in [-0.15, -0.1) is 6.58 Å². The van der Waals surface area contributed by atoms with E-state index in [1.54, 1.807) is 0 Å². The van der Waals surface area contributed by atoms with Crippen molar-refractivity contribution in [3.05, 3.63) is 48.0 Å². The van der Waals surface area contributed by atoms with Crippen LogP contribution < -0.4 is 0 Å².